The van der Waals surface area contributed by atoms with Crippen LogP contribution in [0.1, 0.15) is 6.42 Å². The lowest BCUT2D eigenvalue weighted by Crippen LogP contribution is -2.67. The van der Waals surface area contributed by atoms with Gasteiger partial charge in [-0.2, -0.15) is 0 Å². The van der Waals surface area contributed by atoms with E-state index in [0.29, 0.717) is 0 Å². The van der Waals surface area contributed by atoms with Crippen molar-refractivity contribution >= 4 is 0 Å². The van der Waals surface area contributed by atoms with Gasteiger partial charge in [0, 0.05) is 18.6 Å². The van der Waals surface area contributed by atoms with Crippen molar-refractivity contribution < 1.29 is 29.9 Å². The van der Waals surface area contributed by atoms with Gasteiger partial charge in [0.25, 0.3) is 0 Å². The van der Waals surface area contributed by atoms with Gasteiger partial charge in [0.1, 0.15) is 30.5 Å². The molecule has 1 aliphatic carbocycles. The third-order valence-corrected chi connectivity index (χ3v) is 4.36. The van der Waals surface area contributed by atoms with Gasteiger partial charge in [-0.3, -0.25) is 0 Å². The smallest absolute Gasteiger partial charge is 0.176 e. The van der Waals surface area contributed by atoms with Crippen molar-refractivity contribution in [2.75, 3.05) is 6.54 Å². The Balaban J connectivity index is 2.08. The summed E-state index contributed by atoms with van der Waals surface area (Å²) < 4.78 is 11.0. The van der Waals surface area contributed by atoms with Gasteiger partial charge in [-0.25, -0.2) is 0 Å². The summed E-state index contributed by atoms with van der Waals surface area (Å²) in [6.07, 6.45) is -7.73. The minimum absolute atomic E-state index is 0.0441. The van der Waals surface area contributed by atoms with Crippen molar-refractivity contribution in [1.29, 1.82) is 0 Å². The Kier molecular flexibility index (Phi) is 5.72. The molecule has 2 fully saturated rings. The molecule has 0 amide bonds. The molecule has 10 atom stereocenters. The van der Waals surface area contributed by atoms with Crippen LogP contribution in [0.4, 0.5) is 0 Å². The van der Waals surface area contributed by atoms with Crippen molar-refractivity contribution in [2.24, 2.45) is 22.9 Å². The number of nitrogens with two attached hydrogens (primary N) is 4. The Labute approximate surface area is 128 Å². The van der Waals surface area contributed by atoms with E-state index in [1.165, 1.54) is 0 Å². The average Bonchev–Trinajstić information content (AvgIpc) is 2.49. The van der Waals surface area contributed by atoms with Crippen molar-refractivity contribution in [3.8, 4) is 0 Å². The SMILES string of the molecule is NC[C@@H]1O[C@@H](O[C@@H]2[C@@H](O)[C@H](O)[C@@H](N)C[C@H]2N)[C@@H](N)[C@H](O)[C@H]1O. The number of ether oxygens (including phenoxy) is 2. The van der Waals surface area contributed by atoms with Gasteiger partial charge in [-0.1, -0.05) is 0 Å². The number of hydrogen-bond donors (Lipinski definition) is 8. The lowest BCUT2D eigenvalue weighted by molar-refractivity contribution is -0.287. The first-order valence-electron chi connectivity index (χ1n) is 7.28. The van der Waals surface area contributed by atoms with E-state index in [9.17, 15) is 20.4 Å². The molecule has 1 aliphatic heterocycles. The molecule has 130 valence electrons. The molecule has 0 bridgehead atoms. The van der Waals surface area contributed by atoms with E-state index < -0.39 is 61.0 Å². The largest absolute Gasteiger partial charge is 0.389 e. The number of aliphatic hydroxyl groups excluding tert-OH is 4. The molecule has 1 saturated carbocycles. The highest BCUT2D eigenvalue weighted by Crippen LogP contribution is 2.26. The third-order valence-electron chi connectivity index (χ3n) is 4.36. The van der Waals surface area contributed by atoms with E-state index >= 15 is 0 Å². The molecular formula is C12H26N4O6. The minimum atomic E-state index is -1.31. The second-order valence-electron chi connectivity index (χ2n) is 5.98. The number of rotatable bonds is 3. The fraction of sp³-hybridized carbons (Fsp3) is 1.00. The summed E-state index contributed by atoms with van der Waals surface area (Å²) >= 11 is 0. The summed E-state index contributed by atoms with van der Waals surface area (Å²) in [7, 11) is 0. The molecule has 1 heterocycles. The third kappa shape index (κ3) is 3.26. The predicted molar refractivity (Wildman–Crippen MR) is 75.2 cm³/mol. The van der Waals surface area contributed by atoms with Gasteiger partial charge in [0.2, 0.25) is 0 Å². The fourth-order valence-corrected chi connectivity index (χ4v) is 2.89. The highest BCUT2D eigenvalue weighted by molar-refractivity contribution is 4.99. The monoisotopic (exact) mass is 322 g/mol. The molecule has 0 radical (unpaired) electrons. The van der Waals surface area contributed by atoms with Crippen LogP contribution in [0.25, 0.3) is 0 Å². The van der Waals surface area contributed by atoms with Crippen molar-refractivity contribution in [1.82, 2.24) is 0 Å². The van der Waals surface area contributed by atoms with Gasteiger partial charge in [-0.05, 0) is 6.42 Å². The first-order valence-corrected chi connectivity index (χ1v) is 7.28. The Morgan fingerprint density at radius 2 is 1.55 bits per heavy atom. The Morgan fingerprint density at radius 1 is 0.909 bits per heavy atom. The zero-order valence-corrected chi connectivity index (χ0v) is 12.1. The van der Waals surface area contributed by atoms with Gasteiger partial charge in [-0.15, -0.1) is 0 Å². The zero-order valence-electron chi connectivity index (χ0n) is 12.1. The first kappa shape index (κ1) is 17.9. The normalized spacial score (nSPS) is 53.5. The average molecular weight is 322 g/mol. The molecule has 0 aromatic heterocycles. The van der Waals surface area contributed by atoms with Crippen LogP contribution >= 0.6 is 0 Å². The van der Waals surface area contributed by atoms with E-state index in [2.05, 4.69) is 0 Å². The van der Waals surface area contributed by atoms with E-state index in [0.717, 1.165) is 0 Å². The summed E-state index contributed by atoms with van der Waals surface area (Å²) in [6.45, 7) is -0.0441. The summed E-state index contributed by atoms with van der Waals surface area (Å²) in [5, 5.41) is 39.6. The van der Waals surface area contributed by atoms with Crippen LogP contribution in [-0.2, 0) is 9.47 Å². The van der Waals surface area contributed by atoms with E-state index in [1.807, 2.05) is 0 Å². The van der Waals surface area contributed by atoms with Crippen LogP contribution in [0.3, 0.4) is 0 Å². The summed E-state index contributed by atoms with van der Waals surface area (Å²) in [5.74, 6) is 0. The molecule has 1 saturated heterocycles. The first-order chi connectivity index (χ1) is 10.3. The van der Waals surface area contributed by atoms with Crippen molar-refractivity contribution in [3.05, 3.63) is 0 Å². The Bertz CT molecular complexity index is 376. The molecule has 2 rings (SSSR count). The molecule has 12 N–H and O–H groups in total. The van der Waals surface area contributed by atoms with Crippen molar-refractivity contribution in [3.63, 3.8) is 0 Å². The van der Waals surface area contributed by atoms with Crippen LogP contribution < -0.4 is 22.9 Å². The van der Waals surface area contributed by atoms with Crippen LogP contribution in [0.5, 0.6) is 0 Å². The second-order valence-corrected chi connectivity index (χ2v) is 5.98. The fourth-order valence-electron chi connectivity index (χ4n) is 2.89. The van der Waals surface area contributed by atoms with Gasteiger partial charge < -0.3 is 52.8 Å². The lowest BCUT2D eigenvalue weighted by Gasteiger charge is -2.45. The second kappa shape index (κ2) is 7.01. The molecular weight excluding hydrogens is 296 g/mol. The van der Waals surface area contributed by atoms with Crippen LogP contribution in [0, 0.1) is 0 Å². The molecule has 0 aromatic rings. The van der Waals surface area contributed by atoms with E-state index in [-0.39, 0.29) is 13.0 Å². The maximum absolute atomic E-state index is 10.1. The zero-order chi connectivity index (χ0) is 16.6. The Hall–Kier alpha value is -0.400. The van der Waals surface area contributed by atoms with Gasteiger partial charge >= 0.3 is 0 Å². The molecule has 10 nitrogen and oxygen atoms in total. The highest BCUT2D eigenvalue weighted by atomic mass is 16.7. The molecule has 0 unspecified atom stereocenters. The van der Waals surface area contributed by atoms with Gasteiger partial charge in [0.05, 0.1) is 12.1 Å². The van der Waals surface area contributed by atoms with E-state index in [4.69, 9.17) is 32.4 Å². The van der Waals surface area contributed by atoms with E-state index in [1.54, 1.807) is 0 Å². The topological polar surface area (TPSA) is 203 Å². The van der Waals surface area contributed by atoms with Crippen LogP contribution in [-0.4, -0.2) is 88.0 Å². The molecule has 0 aromatic carbocycles. The van der Waals surface area contributed by atoms with Crippen LogP contribution in [0.15, 0.2) is 0 Å². The summed E-state index contributed by atoms with van der Waals surface area (Å²) in [6, 6.07) is -2.34. The maximum atomic E-state index is 10.1. The van der Waals surface area contributed by atoms with Crippen molar-refractivity contribution in [2.45, 2.75) is 67.5 Å². The quantitative estimate of drug-likeness (QED) is 0.248. The van der Waals surface area contributed by atoms with Crippen LogP contribution in [0.2, 0.25) is 0 Å². The maximum Gasteiger partial charge on any atom is 0.176 e. The number of hydrogen-bond acceptors (Lipinski definition) is 10. The molecule has 22 heavy (non-hydrogen) atoms. The summed E-state index contributed by atoms with van der Waals surface area (Å²) in [4.78, 5) is 0. The highest BCUT2D eigenvalue weighted by Gasteiger charge is 2.47. The standard InChI is InChI=1S/C12H26N4O6/c13-2-5-8(18)9(19)6(16)12(21-5)22-11-4(15)1-3(14)7(17)10(11)20/h3-12,17-20H,1-2,13-16H2/t3-,4+,5-,6-,7+,8-,9-,10-,11-,12-/m0/s1. The molecule has 0 spiro atoms. The molecule has 2 aliphatic rings. The minimum Gasteiger partial charge on any atom is -0.389 e. The Morgan fingerprint density at radius 3 is 2.14 bits per heavy atom. The number of aliphatic hydroxyl groups is 4. The van der Waals surface area contributed by atoms with Gasteiger partial charge in [0.15, 0.2) is 6.29 Å². The lowest BCUT2D eigenvalue weighted by atomic mass is 9.84. The summed E-state index contributed by atoms with van der Waals surface area (Å²) in [5.41, 5.74) is 22.8. The predicted octanol–water partition coefficient (Wildman–Crippen LogP) is -5.12. The molecule has 10 heteroatoms.